The van der Waals surface area contributed by atoms with Crippen molar-refractivity contribution >= 4 is 118 Å². The summed E-state index contributed by atoms with van der Waals surface area (Å²) in [5, 5.41) is 19.4. The standard InChI is InChI=1S/C47H32N2.C44H26N2S/c1-47(2)39-20-12-11-19-37(39)43-36-18-10-9-17-35(36)42-34-24-21-31(27-33(34)22-25-38(42)44(43)47)32-23-26-40-41(28-32)49-46(30-15-7-4-8-16-30)45(48-40)29-13-5-3-6-14-29;1-3-11-27(12-4-1)42-37-26-30(21-24-38(37)45-44(46-42)28-13-5-2-6-14-28)29-19-22-32-31(25-29)20-23-36-40(32)33-15-7-8-16-34(33)41-35-17-9-10-18-39(35)47-43(36)41/h3-28H,1-2H3;1-26H. The Bertz CT molecular complexity index is 6400. The van der Waals surface area contributed by atoms with E-state index in [2.05, 4.69) is 293 Å². The lowest BCUT2D eigenvalue weighted by molar-refractivity contribution is 0.666. The third-order valence-electron chi connectivity index (χ3n) is 20.0. The van der Waals surface area contributed by atoms with E-state index in [0.717, 1.165) is 78.2 Å². The van der Waals surface area contributed by atoms with E-state index in [0.29, 0.717) is 0 Å². The summed E-state index contributed by atoms with van der Waals surface area (Å²) in [5.74, 6) is 0.738. The van der Waals surface area contributed by atoms with Crippen molar-refractivity contribution in [1.29, 1.82) is 0 Å². The van der Waals surface area contributed by atoms with E-state index in [4.69, 9.17) is 19.9 Å². The van der Waals surface area contributed by atoms with Crippen molar-refractivity contribution in [3.8, 4) is 78.5 Å². The van der Waals surface area contributed by atoms with Gasteiger partial charge in [0.05, 0.1) is 33.6 Å². The van der Waals surface area contributed by atoms with Gasteiger partial charge >= 0.3 is 0 Å². The summed E-state index contributed by atoms with van der Waals surface area (Å²) in [4.78, 5) is 20.5. The van der Waals surface area contributed by atoms with E-state index in [-0.39, 0.29) is 5.41 Å². The first-order valence-corrected chi connectivity index (χ1v) is 33.7. The summed E-state index contributed by atoms with van der Waals surface area (Å²) in [6.07, 6.45) is 0. The Balaban J connectivity index is 0.000000135. The first-order valence-electron chi connectivity index (χ1n) is 32.9. The summed E-state index contributed by atoms with van der Waals surface area (Å²) in [6, 6.07) is 113. The van der Waals surface area contributed by atoms with Crippen LogP contribution in [-0.4, -0.2) is 19.9 Å². The molecule has 1 aliphatic carbocycles. The second-order valence-electron chi connectivity index (χ2n) is 25.9. The van der Waals surface area contributed by atoms with Gasteiger partial charge in [0.25, 0.3) is 0 Å². The predicted octanol–water partition coefficient (Wildman–Crippen LogP) is 24.9. The van der Waals surface area contributed by atoms with Gasteiger partial charge in [-0.05, 0) is 146 Å². The molecule has 0 amide bonds. The van der Waals surface area contributed by atoms with Crippen LogP contribution in [0.3, 0.4) is 0 Å². The van der Waals surface area contributed by atoms with E-state index in [1.54, 1.807) is 0 Å². The largest absolute Gasteiger partial charge is 0.244 e. The van der Waals surface area contributed by atoms with Gasteiger partial charge in [-0.3, -0.25) is 0 Å². The minimum absolute atomic E-state index is 0.0903. The molecule has 0 unspecified atom stereocenters. The molecule has 0 N–H and O–H groups in total. The van der Waals surface area contributed by atoms with Gasteiger partial charge in [-0.1, -0.05) is 287 Å². The minimum atomic E-state index is -0.0903. The molecule has 5 heteroatoms. The Morgan fingerprint density at radius 1 is 0.271 bits per heavy atom. The van der Waals surface area contributed by atoms with Gasteiger partial charge < -0.3 is 0 Å². The number of nitrogens with zero attached hydrogens (tertiary/aromatic N) is 4. The molecule has 0 saturated carbocycles. The molecule has 16 aromatic carbocycles. The van der Waals surface area contributed by atoms with Gasteiger partial charge in [-0.2, -0.15) is 0 Å². The maximum atomic E-state index is 5.25. The van der Waals surface area contributed by atoms with Crippen LogP contribution in [0.4, 0.5) is 0 Å². The maximum absolute atomic E-state index is 5.25. The number of aromatic nitrogens is 4. The molecule has 3 heterocycles. The molecular formula is C91H58N4S. The fraction of sp³-hybridized carbons (Fsp3) is 0.0330. The second kappa shape index (κ2) is 22.1. The van der Waals surface area contributed by atoms with Gasteiger partial charge in [0.15, 0.2) is 5.82 Å². The summed E-state index contributed by atoms with van der Waals surface area (Å²) in [6.45, 7) is 4.77. The molecule has 0 atom stereocenters. The summed E-state index contributed by atoms with van der Waals surface area (Å²) < 4.78 is 2.70. The highest BCUT2D eigenvalue weighted by Gasteiger charge is 2.38. The van der Waals surface area contributed by atoms with Crippen molar-refractivity contribution in [3.05, 3.63) is 327 Å². The fourth-order valence-electron chi connectivity index (χ4n) is 15.6. The molecular weight excluding hydrogens is 1180 g/mol. The Morgan fingerprint density at radius 3 is 1.38 bits per heavy atom. The van der Waals surface area contributed by atoms with Crippen molar-refractivity contribution in [3.63, 3.8) is 0 Å². The number of hydrogen-bond acceptors (Lipinski definition) is 5. The third-order valence-corrected chi connectivity index (χ3v) is 21.2. The van der Waals surface area contributed by atoms with Crippen molar-refractivity contribution < 1.29 is 0 Å². The molecule has 19 aromatic rings. The number of rotatable bonds is 6. The average Bonchev–Trinajstić information content (AvgIpc) is 1.46. The van der Waals surface area contributed by atoms with Crippen LogP contribution in [0.25, 0.3) is 185 Å². The van der Waals surface area contributed by atoms with Crippen LogP contribution in [0.2, 0.25) is 0 Å². The lowest BCUT2D eigenvalue weighted by atomic mass is 9.78. The van der Waals surface area contributed by atoms with E-state index >= 15 is 0 Å². The lowest BCUT2D eigenvalue weighted by Gasteiger charge is -2.24. The first kappa shape index (κ1) is 55.6. The zero-order valence-electron chi connectivity index (χ0n) is 52.7. The quantitative estimate of drug-likeness (QED) is 0.156. The van der Waals surface area contributed by atoms with Crippen LogP contribution in [0.15, 0.2) is 315 Å². The number of benzene rings is 16. The van der Waals surface area contributed by atoms with Crippen LogP contribution in [-0.2, 0) is 5.41 Å². The highest BCUT2D eigenvalue weighted by Crippen LogP contribution is 2.56. The van der Waals surface area contributed by atoms with Crippen molar-refractivity contribution in [2.45, 2.75) is 19.3 Å². The molecule has 4 nitrogen and oxygen atoms in total. The van der Waals surface area contributed by atoms with Gasteiger partial charge in [0.2, 0.25) is 0 Å². The molecule has 0 radical (unpaired) electrons. The van der Waals surface area contributed by atoms with Gasteiger partial charge in [-0.25, -0.2) is 19.9 Å². The molecule has 0 bridgehead atoms. The van der Waals surface area contributed by atoms with Crippen LogP contribution in [0.1, 0.15) is 25.0 Å². The molecule has 0 fully saturated rings. The number of hydrogen-bond donors (Lipinski definition) is 0. The minimum Gasteiger partial charge on any atom is -0.244 e. The Labute approximate surface area is 558 Å². The van der Waals surface area contributed by atoms with Crippen LogP contribution < -0.4 is 0 Å². The zero-order valence-corrected chi connectivity index (χ0v) is 53.5. The molecule has 1 aliphatic rings. The van der Waals surface area contributed by atoms with Crippen LogP contribution >= 0.6 is 11.3 Å². The van der Waals surface area contributed by atoms with Gasteiger partial charge in [0.1, 0.15) is 0 Å². The SMILES string of the molecule is CC1(C)c2ccccc2-c2c1c1ccc3cc(-c4ccc5nc(-c6ccccc6)c(-c6ccccc6)nc5c4)ccc3c1c1ccccc21.c1ccc(-c2nc(-c3ccccc3)c3cc(-c4ccc5c(ccc6c7sc8ccccc8c7c7ccccc7c56)c4)ccc3n2)cc1. The topological polar surface area (TPSA) is 51.6 Å². The van der Waals surface area contributed by atoms with Gasteiger partial charge in [-0.15, -0.1) is 11.3 Å². The molecule has 0 saturated heterocycles. The van der Waals surface area contributed by atoms with Crippen LogP contribution in [0.5, 0.6) is 0 Å². The van der Waals surface area contributed by atoms with Crippen molar-refractivity contribution in [2.24, 2.45) is 0 Å². The highest BCUT2D eigenvalue weighted by atomic mass is 32.1. The molecule has 20 rings (SSSR count). The molecule has 448 valence electrons. The van der Waals surface area contributed by atoms with E-state index < -0.39 is 0 Å². The molecule has 3 aromatic heterocycles. The molecule has 0 spiro atoms. The van der Waals surface area contributed by atoms with E-state index in [9.17, 15) is 0 Å². The highest BCUT2D eigenvalue weighted by molar-refractivity contribution is 7.27. The summed E-state index contributed by atoms with van der Waals surface area (Å²) in [5.41, 5.74) is 19.8. The second-order valence-corrected chi connectivity index (χ2v) is 26.9. The normalized spacial score (nSPS) is 12.6. The summed E-state index contributed by atoms with van der Waals surface area (Å²) in [7, 11) is 0. The molecule has 96 heavy (non-hydrogen) atoms. The van der Waals surface area contributed by atoms with Crippen LogP contribution in [0, 0.1) is 0 Å². The first-order chi connectivity index (χ1) is 47.4. The Kier molecular flexibility index (Phi) is 12.8. The zero-order chi connectivity index (χ0) is 63.6. The number of fused-ring (bicyclic) bond motifs is 22. The lowest BCUT2D eigenvalue weighted by Crippen LogP contribution is -2.15. The van der Waals surface area contributed by atoms with E-state index in [1.807, 2.05) is 47.7 Å². The van der Waals surface area contributed by atoms with Crippen molar-refractivity contribution in [1.82, 2.24) is 19.9 Å². The van der Waals surface area contributed by atoms with Gasteiger partial charge in [0, 0.05) is 58.6 Å². The third kappa shape index (κ3) is 8.89. The monoisotopic (exact) mass is 1240 g/mol. The van der Waals surface area contributed by atoms with Crippen molar-refractivity contribution in [2.75, 3.05) is 0 Å². The van der Waals surface area contributed by atoms with E-state index in [1.165, 1.54) is 118 Å². The Morgan fingerprint density at radius 2 is 0.729 bits per heavy atom. The maximum Gasteiger partial charge on any atom is 0.160 e. The molecule has 0 aliphatic heterocycles. The predicted molar refractivity (Wildman–Crippen MR) is 407 cm³/mol. The summed E-state index contributed by atoms with van der Waals surface area (Å²) >= 11 is 1.90. The fourth-order valence-corrected chi connectivity index (χ4v) is 16.8. The number of thiophene rings is 1. The average molecular weight is 1240 g/mol. The Hall–Kier alpha value is -12.0. The smallest absolute Gasteiger partial charge is 0.160 e.